The number of rotatable bonds is 5. The summed E-state index contributed by atoms with van der Waals surface area (Å²) in [5.74, 6) is -0.229. The predicted molar refractivity (Wildman–Crippen MR) is 126 cm³/mol. The Hall–Kier alpha value is -2.10. The molecule has 9 heteroatoms. The summed E-state index contributed by atoms with van der Waals surface area (Å²) in [6, 6.07) is 12.7. The maximum absolute atomic E-state index is 13.6. The Morgan fingerprint density at radius 1 is 0.938 bits per heavy atom. The molecule has 2 heterocycles. The van der Waals surface area contributed by atoms with Crippen LogP contribution < -0.4 is 9.64 Å². The van der Waals surface area contributed by atoms with Crippen LogP contribution in [0.25, 0.3) is 0 Å². The number of anilines is 1. The number of ether oxygens (including phenoxy) is 1. The second-order valence-electron chi connectivity index (χ2n) is 8.74. The Kier molecular flexibility index (Phi) is 6.26. The van der Waals surface area contributed by atoms with E-state index in [2.05, 4.69) is 30.0 Å². The fourth-order valence-corrected chi connectivity index (χ4v) is 9.81. The van der Waals surface area contributed by atoms with Gasteiger partial charge >= 0.3 is 0 Å². The molecule has 0 saturated carbocycles. The van der Waals surface area contributed by atoms with Gasteiger partial charge in [0.15, 0.2) is 19.7 Å². The molecule has 0 spiro atoms. The minimum Gasteiger partial charge on any atom is -0.495 e. The van der Waals surface area contributed by atoms with Crippen LogP contribution in [0.5, 0.6) is 5.75 Å². The van der Waals surface area contributed by atoms with E-state index in [4.69, 9.17) is 4.74 Å². The molecule has 2 aromatic rings. The second-order valence-corrected chi connectivity index (χ2v) is 13.0. The molecule has 2 fully saturated rings. The van der Waals surface area contributed by atoms with E-state index in [-0.39, 0.29) is 22.2 Å². The fourth-order valence-electron chi connectivity index (χ4n) is 4.74. The van der Waals surface area contributed by atoms with Crippen LogP contribution in [0, 0.1) is 13.8 Å². The largest absolute Gasteiger partial charge is 0.495 e. The van der Waals surface area contributed by atoms with Crippen molar-refractivity contribution in [2.75, 3.05) is 49.7 Å². The number of nitrogens with zero attached hydrogens (tertiary/aromatic N) is 2. The van der Waals surface area contributed by atoms with Crippen molar-refractivity contribution in [2.45, 2.75) is 30.0 Å². The van der Waals surface area contributed by atoms with Crippen LogP contribution in [-0.2, 0) is 19.7 Å². The van der Waals surface area contributed by atoms with E-state index in [1.54, 1.807) is 18.2 Å². The summed E-state index contributed by atoms with van der Waals surface area (Å²) in [6.07, 6.45) is 0. The van der Waals surface area contributed by atoms with Gasteiger partial charge in [-0.15, -0.1) is 0 Å². The van der Waals surface area contributed by atoms with E-state index in [9.17, 15) is 16.8 Å². The molecule has 0 aliphatic carbocycles. The first-order chi connectivity index (χ1) is 15.1. The zero-order valence-electron chi connectivity index (χ0n) is 18.7. The molecule has 2 aromatic carbocycles. The highest BCUT2D eigenvalue weighted by Gasteiger charge is 2.49. The van der Waals surface area contributed by atoms with Crippen molar-refractivity contribution in [3.8, 4) is 5.75 Å². The van der Waals surface area contributed by atoms with Crippen LogP contribution in [-0.4, -0.2) is 77.8 Å². The molecule has 0 aromatic heterocycles. The molecule has 2 atom stereocenters. The lowest BCUT2D eigenvalue weighted by Crippen LogP contribution is -2.55. The van der Waals surface area contributed by atoms with Gasteiger partial charge in [0, 0.05) is 37.9 Å². The van der Waals surface area contributed by atoms with Crippen molar-refractivity contribution < 1.29 is 21.6 Å². The first-order valence-electron chi connectivity index (χ1n) is 10.8. The lowest BCUT2D eigenvalue weighted by Gasteiger charge is -2.40. The Morgan fingerprint density at radius 3 is 2.28 bits per heavy atom. The maximum Gasteiger partial charge on any atom is 0.187 e. The molecule has 0 N–H and O–H groups in total. The molecule has 32 heavy (non-hydrogen) atoms. The second kappa shape index (κ2) is 8.68. The minimum atomic E-state index is -3.90. The van der Waals surface area contributed by atoms with E-state index >= 15 is 0 Å². The summed E-state index contributed by atoms with van der Waals surface area (Å²) in [7, 11) is -5.94. The van der Waals surface area contributed by atoms with Crippen LogP contribution in [0.3, 0.4) is 0 Å². The van der Waals surface area contributed by atoms with Gasteiger partial charge in [-0.3, -0.25) is 4.90 Å². The van der Waals surface area contributed by atoms with Gasteiger partial charge in [-0.1, -0.05) is 18.2 Å². The van der Waals surface area contributed by atoms with Crippen molar-refractivity contribution in [3.63, 3.8) is 0 Å². The first kappa shape index (κ1) is 23.1. The zero-order chi connectivity index (χ0) is 23.1. The third-order valence-corrected chi connectivity index (χ3v) is 10.6. The van der Waals surface area contributed by atoms with Crippen LogP contribution in [0.1, 0.15) is 11.1 Å². The van der Waals surface area contributed by atoms with Crippen molar-refractivity contribution in [1.82, 2.24) is 4.90 Å². The molecule has 0 amide bonds. The van der Waals surface area contributed by atoms with E-state index < -0.39 is 31.0 Å². The highest BCUT2D eigenvalue weighted by atomic mass is 32.2. The van der Waals surface area contributed by atoms with Crippen LogP contribution >= 0.6 is 0 Å². The van der Waals surface area contributed by atoms with Gasteiger partial charge in [-0.2, -0.15) is 0 Å². The number of sulfone groups is 2. The monoisotopic (exact) mass is 478 g/mol. The number of hydrogen-bond donors (Lipinski definition) is 0. The standard InChI is InChI=1S/C23H30N2O5S2/c1-17-5-4-6-19(13-17)24-9-11-25(12-10-24)20-15-31(26,27)16-23(20)32(28,29)22-14-18(2)7-8-21(22)30-3/h4-8,13-14,20,23H,9-12,15-16H2,1-3H3/t20-,23-/m0/s1. The maximum atomic E-state index is 13.6. The highest BCUT2D eigenvalue weighted by molar-refractivity contribution is 7.96. The summed E-state index contributed by atoms with van der Waals surface area (Å²) in [5, 5.41) is -1.01. The summed E-state index contributed by atoms with van der Waals surface area (Å²) in [4.78, 5) is 4.38. The zero-order valence-corrected chi connectivity index (χ0v) is 20.3. The number of benzene rings is 2. The highest BCUT2D eigenvalue weighted by Crippen LogP contribution is 2.34. The van der Waals surface area contributed by atoms with Crippen molar-refractivity contribution in [1.29, 1.82) is 0 Å². The number of methoxy groups -OCH3 is 1. The third-order valence-electron chi connectivity index (χ3n) is 6.45. The Labute approximate surface area is 190 Å². The molecule has 0 unspecified atom stereocenters. The molecule has 4 rings (SSSR count). The van der Waals surface area contributed by atoms with Crippen LogP contribution in [0.2, 0.25) is 0 Å². The summed E-state index contributed by atoms with van der Waals surface area (Å²) < 4.78 is 57.8. The van der Waals surface area contributed by atoms with Gasteiger partial charge in [-0.25, -0.2) is 16.8 Å². The fraction of sp³-hybridized carbons (Fsp3) is 0.478. The van der Waals surface area contributed by atoms with Gasteiger partial charge in [-0.05, 0) is 49.2 Å². The molecule has 0 radical (unpaired) electrons. The number of hydrogen-bond acceptors (Lipinski definition) is 7. The molecule has 2 saturated heterocycles. The van der Waals surface area contributed by atoms with Gasteiger partial charge in [0.25, 0.3) is 0 Å². The molecule has 7 nitrogen and oxygen atoms in total. The van der Waals surface area contributed by atoms with E-state index in [0.717, 1.165) is 24.3 Å². The SMILES string of the molecule is COc1ccc(C)cc1S(=O)(=O)[C@H]1CS(=O)(=O)C[C@@H]1N1CCN(c2cccc(C)c2)CC1. The average Bonchev–Trinajstić information content (AvgIpc) is 3.10. The van der Waals surface area contributed by atoms with E-state index in [1.807, 2.05) is 17.9 Å². The Morgan fingerprint density at radius 2 is 1.62 bits per heavy atom. The first-order valence-corrected chi connectivity index (χ1v) is 14.1. The Bertz CT molecular complexity index is 1200. The van der Waals surface area contributed by atoms with Crippen LogP contribution in [0.4, 0.5) is 5.69 Å². The Balaban J connectivity index is 1.59. The molecule has 174 valence electrons. The van der Waals surface area contributed by atoms with Gasteiger partial charge in [0.1, 0.15) is 10.6 Å². The van der Waals surface area contributed by atoms with E-state index in [1.165, 1.54) is 12.7 Å². The quantitative estimate of drug-likeness (QED) is 0.651. The molecule has 2 aliphatic rings. The van der Waals surface area contributed by atoms with Gasteiger partial charge < -0.3 is 9.64 Å². The molecular weight excluding hydrogens is 448 g/mol. The summed E-state index contributed by atoms with van der Waals surface area (Å²) >= 11 is 0. The topological polar surface area (TPSA) is 84.0 Å². The minimum absolute atomic E-state index is 0.0745. The smallest absolute Gasteiger partial charge is 0.187 e. The lowest BCUT2D eigenvalue weighted by molar-refractivity contribution is 0.201. The molecule has 0 bridgehead atoms. The summed E-state index contributed by atoms with van der Waals surface area (Å²) in [5.41, 5.74) is 3.11. The third kappa shape index (κ3) is 4.51. The predicted octanol–water partition coefficient (Wildman–Crippen LogP) is 2.07. The van der Waals surface area contributed by atoms with Gasteiger partial charge in [0.2, 0.25) is 0 Å². The summed E-state index contributed by atoms with van der Waals surface area (Å²) in [6.45, 7) is 6.54. The lowest BCUT2D eigenvalue weighted by atomic mass is 10.1. The normalized spacial score (nSPS) is 23.9. The van der Waals surface area contributed by atoms with E-state index in [0.29, 0.717) is 13.1 Å². The van der Waals surface area contributed by atoms with Gasteiger partial charge in [0.05, 0.1) is 23.9 Å². The van der Waals surface area contributed by atoms with Crippen LogP contribution in [0.15, 0.2) is 47.4 Å². The number of aryl methyl sites for hydroxylation is 2. The van der Waals surface area contributed by atoms with Crippen molar-refractivity contribution in [2.24, 2.45) is 0 Å². The molecular formula is C23H30N2O5S2. The average molecular weight is 479 g/mol. The molecule has 2 aliphatic heterocycles. The van der Waals surface area contributed by atoms with Crippen molar-refractivity contribution >= 4 is 25.4 Å². The number of piperazine rings is 1. The van der Waals surface area contributed by atoms with Crippen molar-refractivity contribution in [3.05, 3.63) is 53.6 Å².